The number of amides is 3. The number of carbonyl (C=O) groups excluding carboxylic acids is 3. The van der Waals surface area contributed by atoms with E-state index in [1.54, 1.807) is 4.90 Å². The minimum Gasteiger partial charge on any atom is -0.322 e. The second-order valence-corrected chi connectivity index (χ2v) is 8.09. The highest BCUT2D eigenvalue weighted by Crippen LogP contribution is 2.35. The third-order valence-electron chi connectivity index (χ3n) is 6.62. The van der Waals surface area contributed by atoms with Crippen molar-refractivity contribution < 1.29 is 14.4 Å². The summed E-state index contributed by atoms with van der Waals surface area (Å²) >= 11 is 0. The Labute approximate surface area is 157 Å². The third kappa shape index (κ3) is 2.76. The van der Waals surface area contributed by atoms with E-state index in [1.165, 1.54) is 6.42 Å². The molecule has 0 spiro atoms. The molecule has 7 heteroatoms. The molecule has 0 radical (unpaired) electrons. The molecule has 7 nitrogen and oxygen atoms in total. The number of imide groups is 1. The van der Waals surface area contributed by atoms with Crippen LogP contribution in [0.5, 0.6) is 0 Å². The van der Waals surface area contributed by atoms with Gasteiger partial charge in [0.15, 0.2) is 0 Å². The lowest BCUT2D eigenvalue weighted by atomic mass is 9.75. The van der Waals surface area contributed by atoms with Crippen molar-refractivity contribution in [2.24, 2.45) is 5.92 Å². The largest absolute Gasteiger partial charge is 0.322 e. The summed E-state index contributed by atoms with van der Waals surface area (Å²) in [5.74, 6) is -0.00446. The van der Waals surface area contributed by atoms with Gasteiger partial charge in [-0.05, 0) is 42.9 Å². The van der Waals surface area contributed by atoms with E-state index in [2.05, 4.69) is 16.0 Å². The summed E-state index contributed by atoms with van der Waals surface area (Å²) in [4.78, 5) is 38.3. The van der Waals surface area contributed by atoms with Crippen LogP contribution < -0.4 is 16.0 Å². The number of benzene rings is 1. The fourth-order valence-electron chi connectivity index (χ4n) is 5.09. The van der Waals surface area contributed by atoms with Crippen molar-refractivity contribution in [3.63, 3.8) is 0 Å². The maximum atomic E-state index is 13.1. The number of hydrogen-bond donors (Lipinski definition) is 3. The fraction of sp³-hybridized carbons (Fsp3) is 0.550. The maximum Gasteiger partial charge on any atom is 0.255 e. The van der Waals surface area contributed by atoms with Gasteiger partial charge in [0.25, 0.3) is 5.91 Å². The molecular weight excluding hydrogens is 344 g/mol. The lowest BCUT2D eigenvalue weighted by molar-refractivity contribution is -0.136. The SMILES string of the molecule is O=C1CCC(N2Cc3cccc(CN[C@@H]4C[C@@H]5NCC[C@@H]54)c3C2=O)C(=O)N1. The zero-order valence-electron chi connectivity index (χ0n) is 15.2. The molecule has 4 atom stereocenters. The van der Waals surface area contributed by atoms with E-state index in [4.69, 9.17) is 0 Å². The van der Waals surface area contributed by atoms with E-state index in [1.807, 2.05) is 18.2 Å². The van der Waals surface area contributed by atoms with Crippen LogP contribution in [-0.4, -0.2) is 47.3 Å². The van der Waals surface area contributed by atoms with Crippen LogP contribution in [0.15, 0.2) is 18.2 Å². The van der Waals surface area contributed by atoms with E-state index in [0.717, 1.165) is 29.7 Å². The topological polar surface area (TPSA) is 90.5 Å². The zero-order valence-corrected chi connectivity index (χ0v) is 15.2. The Balaban J connectivity index is 1.31. The number of rotatable bonds is 4. The van der Waals surface area contributed by atoms with Crippen LogP contribution in [0.2, 0.25) is 0 Å². The predicted molar refractivity (Wildman–Crippen MR) is 97.6 cm³/mol. The van der Waals surface area contributed by atoms with Gasteiger partial charge in [0.2, 0.25) is 11.8 Å². The van der Waals surface area contributed by atoms with E-state index in [0.29, 0.717) is 37.5 Å². The first-order chi connectivity index (χ1) is 13.1. The minimum absolute atomic E-state index is 0.0917. The molecule has 3 aliphatic heterocycles. The third-order valence-corrected chi connectivity index (χ3v) is 6.62. The van der Waals surface area contributed by atoms with Crippen molar-refractivity contribution in [2.75, 3.05) is 6.54 Å². The average Bonchev–Trinajstić information content (AvgIpc) is 3.16. The molecule has 27 heavy (non-hydrogen) atoms. The molecule has 3 heterocycles. The summed E-state index contributed by atoms with van der Waals surface area (Å²) in [6.07, 6.45) is 3.05. The number of hydrogen-bond acceptors (Lipinski definition) is 5. The molecule has 3 fully saturated rings. The van der Waals surface area contributed by atoms with Gasteiger partial charge >= 0.3 is 0 Å². The van der Waals surface area contributed by atoms with Gasteiger partial charge in [0.1, 0.15) is 6.04 Å². The Morgan fingerprint density at radius 1 is 1.19 bits per heavy atom. The maximum absolute atomic E-state index is 13.1. The molecule has 0 aromatic heterocycles. The normalized spacial score (nSPS) is 32.1. The van der Waals surface area contributed by atoms with Crippen molar-refractivity contribution >= 4 is 17.7 Å². The lowest BCUT2D eigenvalue weighted by Crippen LogP contribution is -2.54. The van der Waals surface area contributed by atoms with Gasteiger partial charge in [-0.2, -0.15) is 0 Å². The first kappa shape index (κ1) is 16.9. The Morgan fingerprint density at radius 2 is 2.07 bits per heavy atom. The van der Waals surface area contributed by atoms with Crippen molar-refractivity contribution in [1.29, 1.82) is 0 Å². The fourth-order valence-corrected chi connectivity index (χ4v) is 5.09. The Bertz CT molecular complexity index is 823. The average molecular weight is 368 g/mol. The number of carbonyl (C=O) groups is 3. The van der Waals surface area contributed by atoms with Gasteiger partial charge in [-0.1, -0.05) is 18.2 Å². The quantitative estimate of drug-likeness (QED) is 0.665. The summed E-state index contributed by atoms with van der Waals surface area (Å²) in [5.41, 5.74) is 2.70. The van der Waals surface area contributed by atoms with Crippen LogP contribution in [0.1, 0.15) is 47.2 Å². The van der Waals surface area contributed by atoms with Crippen LogP contribution in [0.3, 0.4) is 0 Å². The van der Waals surface area contributed by atoms with Gasteiger partial charge in [-0.3, -0.25) is 19.7 Å². The molecule has 1 aliphatic carbocycles. The smallest absolute Gasteiger partial charge is 0.255 e. The van der Waals surface area contributed by atoms with E-state index in [9.17, 15) is 14.4 Å². The van der Waals surface area contributed by atoms with Crippen molar-refractivity contribution in [3.8, 4) is 0 Å². The summed E-state index contributed by atoms with van der Waals surface area (Å²) in [5, 5.41) is 9.51. The van der Waals surface area contributed by atoms with Crippen LogP contribution in [-0.2, 0) is 22.7 Å². The lowest BCUT2D eigenvalue weighted by Gasteiger charge is -2.40. The van der Waals surface area contributed by atoms with Crippen molar-refractivity contribution in [3.05, 3.63) is 34.9 Å². The molecule has 0 bridgehead atoms. The first-order valence-electron chi connectivity index (χ1n) is 9.84. The molecule has 3 N–H and O–H groups in total. The predicted octanol–water partition coefficient (Wildman–Crippen LogP) is 0.288. The van der Waals surface area contributed by atoms with Gasteiger partial charge in [-0.15, -0.1) is 0 Å². The van der Waals surface area contributed by atoms with Gasteiger partial charge in [0.05, 0.1) is 0 Å². The molecule has 1 aromatic rings. The van der Waals surface area contributed by atoms with Crippen LogP contribution >= 0.6 is 0 Å². The molecule has 3 amide bonds. The number of piperidine rings is 1. The zero-order chi connectivity index (χ0) is 18.5. The second-order valence-electron chi connectivity index (χ2n) is 8.09. The second kappa shape index (κ2) is 6.42. The molecule has 5 rings (SSSR count). The summed E-state index contributed by atoms with van der Waals surface area (Å²) in [6, 6.07) is 6.57. The molecule has 1 unspecified atom stereocenters. The molecule has 4 aliphatic rings. The van der Waals surface area contributed by atoms with Crippen LogP contribution in [0, 0.1) is 5.92 Å². The first-order valence-corrected chi connectivity index (χ1v) is 9.84. The standard InChI is InChI=1S/C20H24N4O3/c25-17-5-4-16(19(26)23-17)24-10-12-3-1-2-11(18(12)20(24)27)9-22-15-8-14-13(15)6-7-21-14/h1-3,13-16,21-22H,4-10H2,(H,23,25,26)/t13-,14-,15+,16?/m0/s1. The monoisotopic (exact) mass is 368 g/mol. The van der Waals surface area contributed by atoms with Crippen LogP contribution in [0.4, 0.5) is 0 Å². The minimum atomic E-state index is -0.555. The van der Waals surface area contributed by atoms with E-state index in [-0.39, 0.29) is 24.1 Å². The van der Waals surface area contributed by atoms with Crippen molar-refractivity contribution in [1.82, 2.24) is 20.9 Å². The van der Waals surface area contributed by atoms with Gasteiger partial charge in [-0.25, -0.2) is 0 Å². The van der Waals surface area contributed by atoms with Crippen LogP contribution in [0.25, 0.3) is 0 Å². The molecular formula is C20H24N4O3. The molecule has 142 valence electrons. The number of nitrogens with one attached hydrogen (secondary N) is 3. The Kier molecular flexibility index (Phi) is 4.02. The highest BCUT2D eigenvalue weighted by atomic mass is 16.2. The van der Waals surface area contributed by atoms with Crippen molar-refractivity contribution in [2.45, 2.75) is 56.9 Å². The Morgan fingerprint density at radius 3 is 2.89 bits per heavy atom. The molecule has 1 saturated carbocycles. The highest BCUT2D eigenvalue weighted by Gasteiger charge is 2.44. The van der Waals surface area contributed by atoms with Gasteiger partial charge in [0, 0.05) is 37.2 Å². The summed E-state index contributed by atoms with van der Waals surface area (Å²) in [6.45, 7) is 2.21. The number of fused-ring (bicyclic) bond motifs is 2. The molecule has 1 aromatic carbocycles. The van der Waals surface area contributed by atoms with E-state index >= 15 is 0 Å². The molecule has 2 saturated heterocycles. The Hall–Kier alpha value is -2.25. The summed E-state index contributed by atoms with van der Waals surface area (Å²) in [7, 11) is 0. The summed E-state index contributed by atoms with van der Waals surface area (Å²) < 4.78 is 0. The number of nitrogens with zero attached hydrogens (tertiary/aromatic N) is 1. The highest BCUT2D eigenvalue weighted by molar-refractivity contribution is 6.05. The van der Waals surface area contributed by atoms with Gasteiger partial charge < -0.3 is 15.5 Å². The van der Waals surface area contributed by atoms with E-state index < -0.39 is 6.04 Å².